The van der Waals surface area contributed by atoms with Gasteiger partial charge in [0.1, 0.15) is 17.1 Å². The van der Waals surface area contributed by atoms with Crippen LogP contribution in [0.5, 0.6) is 5.75 Å². The average molecular weight is 528 g/mol. The van der Waals surface area contributed by atoms with Gasteiger partial charge in [0.15, 0.2) is 0 Å². The van der Waals surface area contributed by atoms with Gasteiger partial charge in [0.05, 0.1) is 11.8 Å². The second-order valence-corrected chi connectivity index (χ2v) is 7.79. The third kappa shape index (κ3) is 5.74. The van der Waals surface area contributed by atoms with Gasteiger partial charge >= 0.3 is 6.18 Å². The van der Waals surface area contributed by atoms with Crippen molar-refractivity contribution >= 4 is 45.7 Å². The number of ether oxygens (including phenoxy) is 1. The highest BCUT2D eigenvalue weighted by atomic mass is 127. The number of alkyl halides is 3. The van der Waals surface area contributed by atoms with E-state index in [0.717, 1.165) is 16.2 Å². The average Bonchev–Trinajstić information content (AvgIpc) is 2.70. The van der Waals surface area contributed by atoms with Crippen molar-refractivity contribution in [3.63, 3.8) is 0 Å². The second-order valence-electron chi connectivity index (χ2n) is 6.54. The van der Waals surface area contributed by atoms with Crippen LogP contribution in [0.4, 0.5) is 36.3 Å². The van der Waals surface area contributed by atoms with Crippen molar-refractivity contribution in [3.05, 3.63) is 63.9 Å². The Morgan fingerprint density at radius 2 is 1.77 bits per heavy atom. The van der Waals surface area contributed by atoms with Crippen molar-refractivity contribution in [2.75, 3.05) is 10.6 Å². The fraction of sp³-hybridized carbons (Fsp3) is 0.238. The Hall–Kier alpha value is -2.56. The first-order valence-corrected chi connectivity index (χ1v) is 10.3. The van der Waals surface area contributed by atoms with Crippen LogP contribution in [0.25, 0.3) is 0 Å². The molecule has 2 aromatic carbocycles. The molecule has 3 aromatic rings. The zero-order chi connectivity index (χ0) is 21.7. The zero-order valence-corrected chi connectivity index (χ0v) is 18.5. The van der Waals surface area contributed by atoms with Gasteiger partial charge in [0.25, 0.3) is 0 Å². The minimum Gasteiger partial charge on any atom is -0.489 e. The number of benzene rings is 2. The van der Waals surface area contributed by atoms with Crippen molar-refractivity contribution in [2.24, 2.45) is 0 Å². The maximum absolute atomic E-state index is 13.5. The van der Waals surface area contributed by atoms with Gasteiger partial charge in [0.2, 0.25) is 5.95 Å². The first-order valence-electron chi connectivity index (χ1n) is 9.25. The van der Waals surface area contributed by atoms with Crippen LogP contribution in [0.15, 0.2) is 54.7 Å². The summed E-state index contributed by atoms with van der Waals surface area (Å²) < 4.78 is 47.5. The molecule has 30 heavy (non-hydrogen) atoms. The van der Waals surface area contributed by atoms with Crippen molar-refractivity contribution in [1.82, 2.24) is 9.97 Å². The number of nitrogens with zero attached hydrogens (tertiary/aromatic N) is 2. The summed E-state index contributed by atoms with van der Waals surface area (Å²) in [5.74, 6) is 0.142. The van der Waals surface area contributed by atoms with Gasteiger partial charge in [-0.05, 0) is 72.3 Å². The molecule has 1 aromatic heterocycles. The van der Waals surface area contributed by atoms with Gasteiger partial charge in [-0.15, -0.1) is 0 Å². The van der Waals surface area contributed by atoms with Crippen molar-refractivity contribution in [3.8, 4) is 5.75 Å². The molecule has 1 heterocycles. The number of nitrogens with one attached hydrogen (secondary N) is 2. The predicted molar refractivity (Wildman–Crippen MR) is 120 cm³/mol. The Morgan fingerprint density at radius 3 is 2.43 bits per heavy atom. The highest BCUT2D eigenvalue weighted by molar-refractivity contribution is 14.1. The summed E-state index contributed by atoms with van der Waals surface area (Å²) in [7, 11) is 0. The van der Waals surface area contributed by atoms with E-state index >= 15 is 0 Å². The molecule has 1 atom stereocenters. The third-order valence-corrected chi connectivity index (χ3v) is 4.96. The van der Waals surface area contributed by atoms with Crippen molar-refractivity contribution < 1.29 is 17.9 Å². The number of halogens is 4. The molecule has 0 spiro atoms. The molecule has 0 fully saturated rings. The highest BCUT2D eigenvalue weighted by Crippen LogP contribution is 2.37. The standard InChI is InChI=1S/C21H20F3IN4O/c1-3-13(2)30-18-7-5-4-6-17(18)28-19-16(21(22,23)24)12-26-20(29-19)27-15-10-8-14(25)9-11-15/h4-13H,3H2,1-2H3,(H2,26,27,28,29). The summed E-state index contributed by atoms with van der Waals surface area (Å²) >= 11 is 2.17. The number of hydrogen-bond donors (Lipinski definition) is 2. The first kappa shape index (κ1) is 22.1. The summed E-state index contributed by atoms with van der Waals surface area (Å²) in [6.45, 7) is 3.86. The molecule has 0 amide bonds. The highest BCUT2D eigenvalue weighted by Gasteiger charge is 2.35. The smallest absolute Gasteiger partial charge is 0.421 e. The molecule has 1 unspecified atom stereocenters. The van der Waals surface area contributed by atoms with Gasteiger partial charge < -0.3 is 15.4 Å². The molecule has 0 saturated heterocycles. The molecule has 0 saturated carbocycles. The Kier molecular flexibility index (Phi) is 7.01. The van der Waals surface area contributed by atoms with E-state index in [2.05, 4.69) is 43.2 Å². The minimum atomic E-state index is -4.61. The van der Waals surface area contributed by atoms with Crippen molar-refractivity contribution in [1.29, 1.82) is 0 Å². The summed E-state index contributed by atoms with van der Waals surface area (Å²) in [5.41, 5.74) is 0.0952. The molecule has 0 aliphatic rings. The summed E-state index contributed by atoms with van der Waals surface area (Å²) in [5, 5.41) is 5.70. The van der Waals surface area contributed by atoms with Crippen LogP contribution in [0.2, 0.25) is 0 Å². The minimum absolute atomic E-state index is 0.0482. The first-order chi connectivity index (χ1) is 14.3. The second kappa shape index (κ2) is 9.50. The topological polar surface area (TPSA) is 59.1 Å². The Bertz CT molecular complexity index is 996. The number of hydrogen-bond acceptors (Lipinski definition) is 5. The number of para-hydroxylation sites is 2. The molecule has 0 aliphatic heterocycles. The molecular formula is C21H20F3IN4O. The van der Waals surface area contributed by atoms with Crippen LogP contribution < -0.4 is 15.4 Å². The maximum Gasteiger partial charge on any atom is 0.421 e. The molecule has 0 bridgehead atoms. The Balaban J connectivity index is 1.95. The van der Waals surface area contributed by atoms with Gasteiger partial charge in [0, 0.05) is 15.5 Å². The van der Waals surface area contributed by atoms with Crippen LogP contribution >= 0.6 is 22.6 Å². The van der Waals surface area contributed by atoms with Crippen LogP contribution in [0.1, 0.15) is 25.8 Å². The van der Waals surface area contributed by atoms with Crippen LogP contribution in [0, 0.1) is 3.57 Å². The summed E-state index contributed by atoms with van der Waals surface area (Å²) in [6.07, 6.45) is -3.17. The Labute approximate surface area is 186 Å². The van der Waals surface area contributed by atoms with Gasteiger partial charge in [-0.1, -0.05) is 19.1 Å². The van der Waals surface area contributed by atoms with Gasteiger partial charge in [-0.3, -0.25) is 0 Å². The van der Waals surface area contributed by atoms with E-state index in [1.807, 2.05) is 26.0 Å². The lowest BCUT2D eigenvalue weighted by Gasteiger charge is -2.19. The van der Waals surface area contributed by atoms with E-state index in [1.165, 1.54) is 0 Å². The monoisotopic (exact) mass is 528 g/mol. The molecule has 158 valence electrons. The Morgan fingerprint density at radius 1 is 1.07 bits per heavy atom. The molecule has 0 aliphatic carbocycles. The normalized spacial score (nSPS) is 12.3. The lowest BCUT2D eigenvalue weighted by molar-refractivity contribution is -0.137. The molecule has 5 nitrogen and oxygen atoms in total. The molecule has 9 heteroatoms. The van der Waals surface area contributed by atoms with Crippen LogP contribution in [0.3, 0.4) is 0 Å². The largest absolute Gasteiger partial charge is 0.489 e. The molecule has 2 N–H and O–H groups in total. The number of aromatic nitrogens is 2. The van der Waals surface area contributed by atoms with E-state index in [-0.39, 0.29) is 17.9 Å². The fourth-order valence-electron chi connectivity index (χ4n) is 2.51. The van der Waals surface area contributed by atoms with Crippen LogP contribution in [-0.2, 0) is 6.18 Å². The van der Waals surface area contributed by atoms with Crippen molar-refractivity contribution in [2.45, 2.75) is 32.5 Å². The van der Waals surface area contributed by atoms with Gasteiger partial charge in [-0.25, -0.2) is 4.98 Å². The SMILES string of the molecule is CCC(C)Oc1ccccc1Nc1nc(Nc2ccc(I)cc2)ncc1C(F)(F)F. The maximum atomic E-state index is 13.5. The summed E-state index contributed by atoms with van der Waals surface area (Å²) in [4.78, 5) is 7.92. The van der Waals surface area contributed by atoms with Gasteiger partial charge in [-0.2, -0.15) is 18.2 Å². The third-order valence-electron chi connectivity index (χ3n) is 4.24. The van der Waals surface area contributed by atoms with E-state index in [1.54, 1.807) is 36.4 Å². The van der Waals surface area contributed by atoms with E-state index in [0.29, 0.717) is 17.1 Å². The van der Waals surface area contributed by atoms with Crippen LogP contribution in [-0.4, -0.2) is 16.1 Å². The van der Waals surface area contributed by atoms with E-state index in [9.17, 15) is 13.2 Å². The number of anilines is 4. The number of rotatable bonds is 7. The molecule has 0 radical (unpaired) electrons. The lowest BCUT2D eigenvalue weighted by Crippen LogP contribution is -2.14. The molecular weight excluding hydrogens is 508 g/mol. The van der Waals surface area contributed by atoms with E-state index in [4.69, 9.17) is 4.74 Å². The lowest BCUT2D eigenvalue weighted by atomic mass is 10.2. The van der Waals surface area contributed by atoms with E-state index < -0.39 is 11.7 Å². The summed E-state index contributed by atoms with van der Waals surface area (Å²) in [6, 6.07) is 14.2. The predicted octanol–water partition coefficient (Wildman–Crippen LogP) is 6.76. The fourth-order valence-corrected chi connectivity index (χ4v) is 2.87. The molecule has 3 rings (SSSR count). The quantitative estimate of drug-likeness (QED) is 0.332. The zero-order valence-electron chi connectivity index (χ0n) is 16.3.